The fourth-order valence-corrected chi connectivity index (χ4v) is 3.72. The van der Waals surface area contributed by atoms with E-state index >= 15 is 0 Å². The molecule has 2 heterocycles. The normalized spacial score (nSPS) is 17.3. The Hall–Kier alpha value is -2.85. The van der Waals surface area contributed by atoms with E-state index in [0.29, 0.717) is 12.1 Å². The molecule has 1 aliphatic rings. The summed E-state index contributed by atoms with van der Waals surface area (Å²) in [6, 6.07) is 22.0. The Kier molecular flexibility index (Phi) is 4.84. The van der Waals surface area contributed by atoms with Gasteiger partial charge in [0.2, 0.25) is 0 Å². The molecule has 0 saturated heterocycles. The third-order valence-electron chi connectivity index (χ3n) is 5.13. The SMILES string of the molecule is O=C(NC[C@@H](c1ccco1)[NH+]1CCc2ccccc2C1)c1ccccc1. The van der Waals surface area contributed by atoms with E-state index in [1.54, 1.807) is 6.26 Å². The first kappa shape index (κ1) is 16.6. The molecule has 4 rings (SSSR count). The number of amides is 1. The van der Waals surface area contributed by atoms with E-state index in [1.165, 1.54) is 16.0 Å². The molecule has 4 heteroatoms. The molecule has 1 aliphatic heterocycles. The zero-order valence-electron chi connectivity index (χ0n) is 14.7. The number of quaternary nitrogens is 1. The fraction of sp³-hybridized carbons (Fsp3) is 0.227. The highest BCUT2D eigenvalue weighted by Gasteiger charge is 2.30. The molecule has 0 spiro atoms. The topological polar surface area (TPSA) is 46.7 Å². The molecule has 0 aliphatic carbocycles. The molecule has 1 unspecified atom stereocenters. The Morgan fingerprint density at radius 3 is 2.54 bits per heavy atom. The van der Waals surface area contributed by atoms with Crippen molar-refractivity contribution in [3.63, 3.8) is 0 Å². The number of hydrogen-bond acceptors (Lipinski definition) is 2. The first-order valence-corrected chi connectivity index (χ1v) is 9.09. The van der Waals surface area contributed by atoms with Gasteiger partial charge in [-0.25, -0.2) is 0 Å². The Bertz CT molecular complexity index is 859. The first-order chi connectivity index (χ1) is 12.8. The molecular formula is C22H23N2O2+. The number of hydrogen-bond donors (Lipinski definition) is 2. The van der Waals surface area contributed by atoms with Gasteiger partial charge in [-0.15, -0.1) is 0 Å². The van der Waals surface area contributed by atoms with Crippen molar-refractivity contribution in [1.29, 1.82) is 0 Å². The minimum atomic E-state index is -0.0426. The van der Waals surface area contributed by atoms with Gasteiger partial charge in [0, 0.05) is 17.5 Å². The van der Waals surface area contributed by atoms with Crippen LogP contribution in [0.2, 0.25) is 0 Å². The van der Waals surface area contributed by atoms with Gasteiger partial charge in [0.05, 0.1) is 19.4 Å². The van der Waals surface area contributed by atoms with Gasteiger partial charge in [0.1, 0.15) is 6.54 Å². The molecule has 4 nitrogen and oxygen atoms in total. The summed E-state index contributed by atoms with van der Waals surface area (Å²) in [6.07, 6.45) is 2.76. The third-order valence-corrected chi connectivity index (χ3v) is 5.13. The van der Waals surface area contributed by atoms with Crippen LogP contribution < -0.4 is 10.2 Å². The van der Waals surface area contributed by atoms with Crippen molar-refractivity contribution in [3.05, 3.63) is 95.4 Å². The predicted molar refractivity (Wildman–Crippen MR) is 99.9 cm³/mol. The highest BCUT2D eigenvalue weighted by Crippen LogP contribution is 2.15. The molecule has 0 fully saturated rings. The average molecular weight is 347 g/mol. The molecule has 1 amide bonds. The van der Waals surface area contributed by atoms with Gasteiger partial charge in [-0.1, -0.05) is 42.5 Å². The van der Waals surface area contributed by atoms with Crippen LogP contribution >= 0.6 is 0 Å². The second-order valence-corrected chi connectivity index (χ2v) is 6.75. The van der Waals surface area contributed by atoms with E-state index in [2.05, 4.69) is 29.6 Å². The number of rotatable bonds is 5. The second kappa shape index (κ2) is 7.58. The quantitative estimate of drug-likeness (QED) is 0.744. The largest absolute Gasteiger partial charge is 0.463 e. The van der Waals surface area contributed by atoms with Gasteiger partial charge in [-0.05, 0) is 29.8 Å². The Labute approximate surface area is 153 Å². The van der Waals surface area contributed by atoms with Crippen LogP contribution in [0.4, 0.5) is 0 Å². The van der Waals surface area contributed by atoms with E-state index in [-0.39, 0.29) is 11.9 Å². The van der Waals surface area contributed by atoms with Gasteiger partial charge in [-0.3, -0.25) is 4.79 Å². The molecular weight excluding hydrogens is 324 g/mol. The lowest BCUT2D eigenvalue weighted by Crippen LogP contribution is -3.12. The van der Waals surface area contributed by atoms with Crippen LogP contribution in [0.5, 0.6) is 0 Å². The van der Waals surface area contributed by atoms with Crippen LogP contribution in [0.15, 0.2) is 77.4 Å². The average Bonchev–Trinajstić information content (AvgIpc) is 3.23. The minimum absolute atomic E-state index is 0.0426. The van der Waals surface area contributed by atoms with E-state index in [4.69, 9.17) is 4.42 Å². The molecule has 0 radical (unpaired) electrons. The van der Waals surface area contributed by atoms with Gasteiger partial charge in [-0.2, -0.15) is 0 Å². The van der Waals surface area contributed by atoms with Gasteiger partial charge in [0.15, 0.2) is 11.8 Å². The van der Waals surface area contributed by atoms with E-state index < -0.39 is 0 Å². The van der Waals surface area contributed by atoms with Gasteiger partial charge < -0.3 is 14.6 Å². The van der Waals surface area contributed by atoms with Crippen molar-refractivity contribution in [2.75, 3.05) is 13.1 Å². The highest BCUT2D eigenvalue weighted by atomic mass is 16.3. The third kappa shape index (κ3) is 3.55. The Morgan fingerprint density at radius 1 is 1.00 bits per heavy atom. The molecule has 0 bridgehead atoms. The molecule has 132 valence electrons. The van der Waals surface area contributed by atoms with E-state index in [1.807, 2.05) is 42.5 Å². The molecule has 26 heavy (non-hydrogen) atoms. The van der Waals surface area contributed by atoms with Crippen molar-refractivity contribution in [1.82, 2.24) is 5.32 Å². The number of furan rings is 1. The number of carbonyl (C=O) groups excluding carboxylic acids is 1. The lowest BCUT2D eigenvalue weighted by Gasteiger charge is -2.31. The Morgan fingerprint density at radius 2 is 1.77 bits per heavy atom. The van der Waals surface area contributed by atoms with Crippen LogP contribution in [-0.2, 0) is 13.0 Å². The summed E-state index contributed by atoms with van der Waals surface area (Å²) in [5.41, 5.74) is 3.51. The maximum Gasteiger partial charge on any atom is 0.251 e. The smallest absolute Gasteiger partial charge is 0.251 e. The van der Waals surface area contributed by atoms with Crippen molar-refractivity contribution in [2.24, 2.45) is 0 Å². The summed E-state index contributed by atoms with van der Waals surface area (Å²) in [5, 5.41) is 3.09. The summed E-state index contributed by atoms with van der Waals surface area (Å²) < 4.78 is 5.70. The zero-order valence-corrected chi connectivity index (χ0v) is 14.7. The molecule has 1 aromatic heterocycles. The molecule has 2 N–H and O–H groups in total. The minimum Gasteiger partial charge on any atom is -0.463 e. The number of nitrogens with one attached hydrogen (secondary N) is 2. The monoisotopic (exact) mass is 347 g/mol. The summed E-state index contributed by atoms with van der Waals surface area (Å²) in [4.78, 5) is 13.9. The van der Waals surface area contributed by atoms with Crippen molar-refractivity contribution >= 4 is 5.91 Å². The first-order valence-electron chi connectivity index (χ1n) is 9.09. The van der Waals surface area contributed by atoms with Crippen LogP contribution in [-0.4, -0.2) is 19.0 Å². The van der Waals surface area contributed by atoms with Crippen LogP contribution in [0.25, 0.3) is 0 Å². The highest BCUT2D eigenvalue weighted by molar-refractivity contribution is 5.94. The predicted octanol–water partition coefficient (Wildman–Crippen LogP) is 2.39. The molecule has 3 aromatic rings. The maximum absolute atomic E-state index is 12.4. The van der Waals surface area contributed by atoms with Crippen LogP contribution in [0.3, 0.4) is 0 Å². The standard InChI is InChI=1S/C22H22N2O2/c25-22(18-8-2-1-3-9-18)23-15-20(21-11-6-14-26-21)24-13-12-17-7-4-5-10-19(17)16-24/h1-11,14,20H,12-13,15-16H2,(H,23,25)/p+1/t20-/m0/s1. The lowest BCUT2D eigenvalue weighted by atomic mass is 9.98. The van der Waals surface area contributed by atoms with Crippen LogP contribution in [0, 0.1) is 0 Å². The van der Waals surface area contributed by atoms with E-state index in [0.717, 1.165) is 25.3 Å². The van der Waals surface area contributed by atoms with Crippen LogP contribution in [0.1, 0.15) is 33.3 Å². The molecule has 2 atom stereocenters. The second-order valence-electron chi connectivity index (χ2n) is 6.75. The van der Waals surface area contributed by atoms with E-state index in [9.17, 15) is 4.79 Å². The van der Waals surface area contributed by atoms with Crippen molar-refractivity contribution < 1.29 is 14.1 Å². The summed E-state index contributed by atoms with van der Waals surface area (Å²) in [5.74, 6) is 0.881. The Balaban J connectivity index is 1.50. The van der Waals surface area contributed by atoms with Crippen molar-refractivity contribution in [3.8, 4) is 0 Å². The summed E-state index contributed by atoms with van der Waals surface area (Å²) in [6.45, 7) is 2.53. The van der Waals surface area contributed by atoms with Crippen molar-refractivity contribution in [2.45, 2.75) is 19.0 Å². The number of fused-ring (bicyclic) bond motifs is 1. The number of carbonyl (C=O) groups is 1. The fourth-order valence-electron chi connectivity index (χ4n) is 3.72. The van der Waals surface area contributed by atoms with Gasteiger partial charge >= 0.3 is 0 Å². The summed E-state index contributed by atoms with van der Waals surface area (Å²) >= 11 is 0. The molecule has 0 saturated carbocycles. The maximum atomic E-state index is 12.4. The summed E-state index contributed by atoms with van der Waals surface area (Å²) in [7, 11) is 0. The van der Waals surface area contributed by atoms with Gasteiger partial charge in [0.25, 0.3) is 5.91 Å². The zero-order chi connectivity index (χ0) is 17.8. The molecule has 2 aromatic carbocycles. The number of benzene rings is 2. The lowest BCUT2D eigenvalue weighted by molar-refractivity contribution is -0.946.